The molecule has 2 amide bonds. The highest BCUT2D eigenvalue weighted by Crippen LogP contribution is 2.25. The summed E-state index contributed by atoms with van der Waals surface area (Å²) in [6, 6.07) is 7.05. The normalized spacial score (nSPS) is 14.4. The van der Waals surface area contributed by atoms with Crippen LogP contribution in [0.5, 0.6) is 0 Å². The first-order valence-corrected chi connectivity index (χ1v) is 10.4. The van der Waals surface area contributed by atoms with Crippen molar-refractivity contribution in [2.45, 2.75) is 52.0 Å². The standard InChI is InChI=1S/C23H26F2N4O/c1-14-11-20-21(12-15(14)2)27-22(26-20)9-10-29(17-5-3-4-6-17)23(30)28-19-8-7-16(24)13-18(19)25/h7-8,11-13,17H,3-6,9-10H2,1-2H3,(H,26,27)(H,28,30). The number of halogens is 2. The smallest absolute Gasteiger partial charge is 0.322 e. The minimum Gasteiger partial charge on any atom is -0.342 e. The van der Waals surface area contributed by atoms with Crippen molar-refractivity contribution in [2.24, 2.45) is 0 Å². The molecule has 0 aliphatic heterocycles. The summed E-state index contributed by atoms with van der Waals surface area (Å²) in [6.07, 6.45) is 4.57. The molecule has 2 N–H and O–H groups in total. The Hall–Kier alpha value is -2.96. The lowest BCUT2D eigenvalue weighted by Crippen LogP contribution is -2.43. The number of hydrogen-bond donors (Lipinski definition) is 2. The van der Waals surface area contributed by atoms with Crippen LogP contribution >= 0.6 is 0 Å². The van der Waals surface area contributed by atoms with E-state index >= 15 is 0 Å². The molecule has 1 aliphatic carbocycles. The fraction of sp³-hybridized carbons (Fsp3) is 0.391. The maximum atomic E-state index is 14.0. The summed E-state index contributed by atoms with van der Waals surface area (Å²) in [6.45, 7) is 4.59. The second-order valence-corrected chi connectivity index (χ2v) is 8.07. The highest BCUT2D eigenvalue weighted by atomic mass is 19.1. The van der Waals surface area contributed by atoms with Crippen LogP contribution in [-0.4, -0.2) is 33.5 Å². The van der Waals surface area contributed by atoms with Gasteiger partial charge >= 0.3 is 6.03 Å². The molecule has 1 heterocycles. The summed E-state index contributed by atoms with van der Waals surface area (Å²) < 4.78 is 27.2. The third kappa shape index (κ3) is 4.30. The number of anilines is 1. The first-order chi connectivity index (χ1) is 14.4. The molecule has 30 heavy (non-hydrogen) atoms. The molecule has 7 heteroatoms. The fourth-order valence-electron chi connectivity index (χ4n) is 4.11. The van der Waals surface area contributed by atoms with Crippen molar-refractivity contribution >= 4 is 22.8 Å². The van der Waals surface area contributed by atoms with Crippen LogP contribution < -0.4 is 5.32 Å². The van der Waals surface area contributed by atoms with E-state index in [0.29, 0.717) is 13.0 Å². The monoisotopic (exact) mass is 412 g/mol. The molecule has 2 aromatic carbocycles. The number of H-pyrrole nitrogens is 1. The zero-order valence-corrected chi connectivity index (χ0v) is 17.3. The third-order valence-corrected chi connectivity index (χ3v) is 5.93. The average Bonchev–Trinajstić information content (AvgIpc) is 3.35. The van der Waals surface area contributed by atoms with E-state index in [1.807, 2.05) is 0 Å². The number of hydrogen-bond acceptors (Lipinski definition) is 2. The quantitative estimate of drug-likeness (QED) is 0.583. The number of carbonyl (C=O) groups excluding carboxylic acids is 1. The lowest BCUT2D eigenvalue weighted by atomic mass is 10.1. The zero-order valence-electron chi connectivity index (χ0n) is 17.3. The molecule has 1 aliphatic rings. The Balaban J connectivity index is 1.50. The molecule has 0 saturated heterocycles. The van der Waals surface area contributed by atoms with Gasteiger partial charge in [-0.3, -0.25) is 0 Å². The molecule has 0 radical (unpaired) electrons. The number of benzene rings is 2. The van der Waals surface area contributed by atoms with Gasteiger partial charge in [0.25, 0.3) is 0 Å². The molecular weight excluding hydrogens is 386 g/mol. The van der Waals surface area contributed by atoms with Gasteiger partial charge in [-0.1, -0.05) is 12.8 Å². The van der Waals surface area contributed by atoms with Gasteiger partial charge in [0, 0.05) is 25.1 Å². The Bertz CT molecular complexity index is 1030. The number of rotatable bonds is 5. The number of aryl methyl sites for hydroxylation is 2. The topological polar surface area (TPSA) is 61.0 Å². The minimum absolute atomic E-state index is 0.0147. The van der Waals surface area contributed by atoms with Crippen molar-refractivity contribution in [2.75, 3.05) is 11.9 Å². The maximum absolute atomic E-state index is 14.0. The van der Waals surface area contributed by atoms with Gasteiger partial charge in [-0.15, -0.1) is 0 Å². The second kappa shape index (κ2) is 8.42. The first-order valence-electron chi connectivity index (χ1n) is 10.4. The second-order valence-electron chi connectivity index (χ2n) is 8.07. The molecule has 1 fully saturated rings. The van der Waals surface area contributed by atoms with Crippen LogP contribution in [0.3, 0.4) is 0 Å². The van der Waals surface area contributed by atoms with E-state index in [1.165, 1.54) is 17.2 Å². The molecule has 4 rings (SSSR count). The molecule has 0 atom stereocenters. The van der Waals surface area contributed by atoms with Crippen LogP contribution in [0.25, 0.3) is 11.0 Å². The Labute approximate surface area is 174 Å². The number of urea groups is 1. The van der Waals surface area contributed by atoms with E-state index in [-0.39, 0.29) is 17.8 Å². The van der Waals surface area contributed by atoms with Crippen LogP contribution in [0.2, 0.25) is 0 Å². The molecular formula is C23H26F2N4O. The van der Waals surface area contributed by atoms with E-state index in [9.17, 15) is 13.6 Å². The number of carbonyl (C=O) groups is 1. The number of aromatic nitrogens is 2. The van der Waals surface area contributed by atoms with Crippen LogP contribution in [0.1, 0.15) is 42.6 Å². The molecule has 5 nitrogen and oxygen atoms in total. The fourth-order valence-corrected chi connectivity index (χ4v) is 4.11. The lowest BCUT2D eigenvalue weighted by Gasteiger charge is -2.29. The number of nitrogens with one attached hydrogen (secondary N) is 2. The lowest BCUT2D eigenvalue weighted by molar-refractivity contribution is 0.189. The summed E-state index contributed by atoms with van der Waals surface area (Å²) in [7, 11) is 0. The van der Waals surface area contributed by atoms with Gasteiger partial charge in [-0.05, 0) is 62.1 Å². The predicted molar refractivity (Wildman–Crippen MR) is 114 cm³/mol. The maximum Gasteiger partial charge on any atom is 0.322 e. The summed E-state index contributed by atoms with van der Waals surface area (Å²) in [5.74, 6) is -0.634. The minimum atomic E-state index is -0.780. The third-order valence-electron chi connectivity index (χ3n) is 5.93. The molecule has 0 unspecified atom stereocenters. The van der Waals surface area contributed by atoms with Gasteiger partial charge < -0.3 is 15.2 Å². The highest BCUT2D eigenvalue weighted by Gasteiger charge is 2.27. The molecule has 3 aromatic rings. The van der Waals surface area contributed by atoms with Crippen molar-refractivity contribution < 1.29 is 13.6 Å². The van der Waals surface area contributed by atoms with Crippen molar-refractivity contribution in [1.82, 2.24) is 14.9 Å². The molecule has 0 bridgehead atoms. The van der Waals surface area contributed by atoms with E-state index in [4.69, 9.17) is 0 Å². The number of amides is 2. The van der Waals surface area contributed by atoms with E-state index in [1.54, 1.807) is 4.90 Å². The summed E-state index contributed by atoms with van der Waals surface area (Å²) in [5.41, 5.74) is 4.27. The van der Waals surface area contributed by atoms with Gasteiger partial charge in [0.2, 0.25) is 0 Å². The highest BCUT2D eigenvalue weighted by molar-refractivity contribution is 5.89. The van der Waals surface area contributed by atoms with Crippen molar-refractivity contribution in [3.8, 4) is 0 Å². The molecule has 0 spiro atoms. The average molecular weight is 412 g/mol. The van der Waals surface area contributed by atoms with Crippen molar-refractivity contribution in [3.05, 3.63) is 58.9 Å². The van der Waals surface area contributed by atoms with Gasteiger partial charge in [-0.25, -0.2) is 18.6 Å². The largest absolute Gasteiger partial charge is 0.342 e. The number of aromatic amines is 1. The number of imidazole rings is 1. The molecule has 158 valence electrons. The van der Waals surface area contributed by atoms with Crippen LogP contribution in [0.4, 0.5) is 19.3 Å². The van der Waals surface area contributed by atoms with Gasteiger partial charge in [0.1, 0.15) is 17.5 Å². The Kier molecular flexibility index (Phi) is 5.70. The zero-order chi connectivity index (χ0) is 21.3. The van der Waals surface area contributed by atoms with Crippen molar-refractivity contribution in [3.63, 3.8) is 0 Å². The van der Waals surface area contributed by atoms with Crippen molar-refractivity contribution in [1.29, 1.82) is 0 Å². The SMILES string of the molecule is Cc1cc2nc(CCN(C(=O)Nc3ccc(F)cc3F)C3CCCC3)[nH]c2cc1C. The van der Waals surface area contributed by atoms with Crippen LogP contribution in [0.15, 0.2) is 30.3 Å². The van der Waals surface area contributed by atoms with Gasteiger partial charge in [0.05, 0.1) is 16.7 Å². The summed E-state index contributed by atoms with van der Waals surface area (Å²) in [4.78, 5) is 22.7. The summed E-state index contributed by atoms with van der Waals surface area (Å²) >= 11 is 0. The van der Waals surface area contributed by atoms with Crippen LogP contribution in [0, 0.1) is 25.5 Å². The molecule has 1 saturated carbocycles. The van der Waals surface area contributed by atoms with Gasteiger partial charge in [-0.2, -0.15) is 0 Å². The van der Waals surface area contributed by atoms with E-state index in [2.05, 4.69) is 41.3 Å². The van der Waals surface area contributed by atoms with E-state index < -0.39 is 11.6 Å². The Morgan fingerprint density at radius 2 is 1.90 bits per heavy atom. The predicted octanol–water partition coefficient (Wildman–Crippen LogP) is 5.48. The number of fused-ring (bicyclic) bond motifs is 1. The molecule has 1 aromatic heterocycles. The van der Waals surface area contributed by atoms with Gasteiger partial charge in [0.15, 0.2) is 0 Å². The van der Waals surface area contributed by atoms with E-state index in [0.717, 1.165) is 54.7 Å². The van der Waals surface area contributed by atoms with Crippen LogP contribution in [-0.2, 0) is 6.42 Å². The summed E-state index contributed by atoms with van der Waals surface area (Å²) in [5, 5.41) is 2.61. The Morgan fingerprint density at radius 1 is 1.17 bits per heavy atom. The first kappa shape index (κ1) is 20.3. The Morgan fingerprint density at radius 3 is 2.63 bits per heavy atom. The number of nitrogens with zero attached hydrogens (tertiary/aromatic N) is 2.